The average molecular weight is 357 g/mol. The molecule has 6 heteroatoms. The molecule has 1 amide bonds. The molecule has 1 aliphatic heterocycles. The van der Waals surface area contributed by atoms with Gasteiger partial charge in [0.25, 0.3) is 5.91 Å². The third kappa shape index (κ3) is 4.37. The first-order chi connectivity index (χ1) is 11.7. The highest BCUT2D eigenvalue weighted by molar-refractivity contribution is 8.26. The highest BCUT2D eigenvalue weighted by atomic mass is 32.2. The van der Waals surface area contributed by atoms with E-state index < -0.39 is 0 Å². The van der Waals surface area contributed by atoms with Crippen molar-refractivity contribution in [3.8, 4) is 11.5 Å². The van der Waals surface area contributed by atoms with Crippen LogP contribution in [0.3, 0.4) is 0 Å². The molecule has 1 saturated heterocycles. The first-order valence-electron chi connectivity index (χ1n) is 7.37. The van der Waals surface area contributed by atoms with Crippen molar-refractivity contribution in [1.82, 2.24) is 5.32 Å². The van der Waals surface area contributed by atoms with Gasteiger partial charge in [-0.05, 0) is 24.3 Å². The van der Waals surface area contributed by atoms with Crippen LogP contribution in [0.15, 0.2) is 59.5 Å². The van der Waals surface area contributed by atoms with Gasteiger partial charge < -0.3 is 14.8 Å². The summed E-state index contributed by atoms with van der Waals surface area (Å²) in [5.41, 5.74) is 0.833. The van der Waals surface area contributed by atoms with Crippen LogP contribution in [0.4, 0.5) is 0 Å². The molecular formula is C18H15NO3S2. The first kappa shape index (κ1) is 16.5. The summed E-state index contributed by atoms with van der Waals surface area (Å²) in [4.78, 5) is 12.3. The minimum absolute atomic E-state index is 0.174. The van der Waals surface area contributed by atoms with Crippen molar-refractivity contribution >= 4 is 40.3 Å². The molecule has 0 aliphatic carbocycles. The molecule has 1 N–H and O–H groups in total. The summed E-state index contributed by atoms with van der Waals surface area (Å²) < 4.78 is 11.9. The van der Waals surface area contributed by atoms with Gasteiger partial charge in [0, 0.05) is 5.56 Å². The molecule has 4 nitrogen and oxygen atoms in total. The predicted molar refractivity (Wildman–Crippen MR) is 100 cm³/mol. The van der Waals surface area contributed by atoms with Gasteiger partial charge in [-0.1, -0.05) is 60.4 Å². The molecule has 1 fully saturated rings. The van der Waals surface area contributed by atoms with Gasteiger partial charge in [0.15, 0.2) is 0 Å². The Morgan fingerprint density at radius 1 is 1.00 bits per heavy atom. The number of rotatable bonds is 6. The van der Waals surface area contributed by atoms with Crippen molar-refractivity contribution in [3.63, 3.8) is 0 Å². The van der Waals surface area contributed by atoms with Gasteiger partial charge in [-0.2, -0.15) is 0 Å². The number of amides is 1. The lowest BCUT2D eigenvalue weighted by Crippen LogP contribution is -2.17. The molecule has 0 saturated carbocycles. The van der Waals surface area contributed by atoms with E-state index in [1.54, 1.807) is 6.08 Å². The number of thioether (sulfide) groups is 1. The van der Waals surface area contributed by atoms with E-state index in [0.29, 0.717) is 28.2 Å². The SMILES string of the molecule is O=C1NC(=S)SC1=Cc1ccccc1OCCOc1ccccc1. The van der Waals surface area contributed by atoms with Gasteiger partial charge in [-0.3, -0.25) is 4.79 Å². The Hall–Kier alpha value is -2.31. The zero-order chi connectivity index (χ0) is 16.8. The second-order valence-corrected chi connectivity index (χ2v) is 6.62. The highest BCUT2D eigenvalue weighted by Crippen LogP contribution is 2.29. The summed E-state index contributed by atoms with van der Waals surface area (Å²) in [5, 5.41) is 2.60. The molecule has 122 valence electrons. The lowest BCUT2D eigenvalue weighted by molar-refractivity contribution is -0.115. The molecule has 2 aromatic rings. The molecule has 0 aromatic heterocycles. The zero-order valence-electron chi connectivity index (χ0n) is 12.7. The van der Waals surface area contributed by atoms with E-state index in [9.17, 15) is 4.79 Å². The van der Waals surface area contributed by atoms with Crippen LogP contribution in [0, 0.1) is 0 Å². The summed E-state index contributed by atoms with van der Waals surface area (Å²) in [7, 11) is 0. The molecule has 0 atom stereocenters. The minimum Gasteiger partial charge on any atom is -0.490 e. The van der Waals surface area contributed by atoms with E-state index in [-0.39, 0.29) is 5.91 Å². The van der Waals surface area contributed by atoms with Crippen LogP contribution >= 0.6 is 24.0 Å². The fourth-order valence-electron chi connectivity index (χ4n) is 2.12. The van der Waals surface area contributed by atoms with Crippen LogP contribution < -0.4 is 14.8 Å². The van der Waals surface area contributed by atoms with Crippen molar-refractivity contribution < 1.29 is 14.3 Å². The Morgan fingerprint density at radius 3 is 2.46 bits per heavy atom. The van der Waals surface area contributed by atoms with E-state index in [2.05, 4.69) is 5.32 Å². The number of nitrogens with one attached hydrogen (secondary N) is 1. The van der Waals surface area contributed by atoms with E-state index in [1.165, 1.54) is 11.8 Å². The van der Waals surface area contributed by atoms with Crippen molar-refractivity contribution in [2.75, 3.05) is 13.2 Å². The second kappa shape index (κ2) is 7.99. The number of carbonyl (C=O) groups excluding carboxylic acids is 1. The van der Waals surface area contributed by atoms with Gasteiger partial charge in [0.05, 0.1) is 4.91 Å². The van der Waals surface area contributed by atoms with E-state index in [4.69, 9.17) is 21.7 Å². The molecule has 1 aliphatic rings. The Balaban J connectivity index is 1.61. The Labute approximate surface area is 149 Å². The summed E-state index contributed by atoms with van der Waals surface area (Å²) in [6.07, 6.45) is 1.78. The van der Waals surface area contributed by atoms with Crippen molar-refractivity contribution in [1.29, 1.82) is 0 Å². The van der Waals surface area contributed by atoms with Gasteiger partial charge in [-0.15, -0.1) is 0 Å². The van der Waals surface area contributed by atoms with Crippen LogP contribution in [0.5, 0.6) is 11.5 Å². The third-order valence-corrected chi connectivity index (χ3v) is 4.36. The van der Waals surface area contributed by atoms with Gasteiger partial charge in [0.1, 0.15) is 29.0 Å². The quantitative estimate of drug-likeness (QED) is 0.486. The number of carbonyl (C=O) groups is 1. The number of hydrogen-bond donors (Lipinski definition) is 1. The van der Waals surface area contributed by atoms with E-state index >= 15 is 0 Å². The molecule has 3 rings (SSSR count). The third-order valence-electron chi connectivity index (χ3n) is 3.20. The Bertz CT molecular complexity index is 775. The lowest BCUT2D eigenvalue weighted by Gasteiger charge is -2.10. The smallest absolute Gasteiger partial charge is 0.263 e. The fraction of sp³-hybridized carbons (Fsp3) is 0.111. The first-order valence-corrected chi connectivity index (χ1v) is 8.59. The highest BCUT2D eigenvalue weighted by Gasteiger charge is 2.22. The number of thiocarbonyl (C=S) groups is 1. The van der Waals surface area contributed by atoms with Crippen molar-refractivity contribution in [2.45, 2.75) is 0 Å². The molecular weight excluding hydrogens is 342 g/mol. The molecule has 1 heterocycles. The summed E-state index contributed by atoms with van der Waals surface area (Å²) in [6, 6.07) is 17.1. The van der Waals surface area contributed by atoms with Gasteiger partial charge >= 0.3 is 0 Å². The molecule has 0 radical (unpaired) electrons. The van der Waals surface area contributed by atoms with Crippen LogP contribution in [0.25, 0.3) is 6.08 Å². The second-order valence-electron chi connectivity index (χ2n) is 4.90. The Kier molecular flexibility index (Phi) is 5.51. The van der Waals surface area contributed by atoms with Crippen molar-refractivity contribution in [2.24, 2.45) is 0 Å². The lowest BCUT2D eigenvalue weighted by atomic mass is 10.2. The van der Waals surface area contributed by atoms with Gasteiger partial charge in [0.2, 0.25) is 0 Å². The van der Waals surface area contributed by atoms with Crippen LogP contribution in [-0.2, 0) is 4.79 Å². The average Bonchev–Trinajstić information content (AvgIpc) is 2.91. The maximum absolute atomic E-state index is 11.8. The predicted octanol–water partition coefficient (Wildman–Crippen LogP) is 3.63. The minimum atomic E-state index is -0.174. The number of para-hydroxylation sites is 2. The van der Waals surface area contributed by atoms with E-state index in [1.807, 2.05) is 54.6 Å². The topological polar surface area (TPSA) is 47.6 Å². The molecule has 24 heavy (non-hydrogen) atoms. The molecule has 2 aromatic carbocycles. The summed E-state index contributed by atoms with van der Waals surface area (Å²) >= 11 is 6.25. The number of benzene rings is 2. The summed E-state index contributed by atoms with van der Waals surface area (Å²) in [5.74, 6) is 1.34. The maximum Gasteiger partial charge on any atom is 0.263 e. The van der Waals surface area contributed by atoms with Gasteiger partial charge in [-0.25, -0.2) is 0 Å². The van der Waals surface area contributed by atoms with Crippen LogP contribution in [-0.4, -0.2) is 23.4 Å². The van der Waals surface area contributed by atoms with Crippen molar-refractivity contribution in [3.05, 3.63) is 65.1 Å². The number of ether oxygens (including phenoxy) is 2. The van der Waals surface area contributed by atoms with Crippen LogP contribution in [0.1, 0.15) is 5.56 Å². The summed E-state index contributed by atoms with van der Waals surface area (Å²) in [6.45, 7) is 0.848. The van der Waals surface area contributed by atoms with E-state index in [0.717, 1.165) is 11.3 Å². The maximum atomic E-state index is 11.8. The largest absolute Gasteiger partial charge is 0.490 e. The molecule has 0 spiro atoms. The standard InChI is InChI=1S/C18H15NO3S2/c20-17-16(24-18(23)19-17)12-13-6-4-5-9-15(13)22-11-10-21-14-7-2-1-3-8-14/h1-9,12H,10-11H2,(H,19,20,23). The van der Waals surface area contributed by atoms with Crippen LogP contribution in [0.2, 0.25) is 0 Å². The number of hydrogen-bond acceptors (Lipinski definition) is 5. The Morgan fingerprint density at radius 2 is 1.71 bits per heavy atom. The molecule has 0 unspecified atom stereocenters. The zero-order valence-corrected chi connectivity index (χ0v) is 14.4. The molecule has 0 bridgehead atoms. The monoisotopic (exact) mass is 357 g/mol. The fourth-order valence-corrected chi connectivity index (χ4v) is 3.16. The normalized spacial score (nSPS) is 15.4.